The van der Waals surface area contributed by atoms with Crippen LogP contribution in [0.4, 0.5) is 0 Å². The fourth-order valence-electron chi connectivity index (χ4n) is 0.651. The van der Waals surface area contributed by atoms with E-state index < -0.39 is 11.5 Å². The van der Waals surface area contributed by atoms with Crippen LogP contribution in [0.1, 0.15) is 12.7 Å². The summed E-state index contributed by atoms with van der Waals surface area (Å²) < 4.78 is 0. The number of nitrogens with zero attached hydrogens (tertiary/aromatic N) is 1. The summed E-state index contributed by atoms with van der Waals surface area (Å²) in [5.41, 5.74) is 4.00. The zero-order valence-corrected chi connectivity index (χ0v) is 6.03. The summed E-state index contributed by atoms with van der Waals surface area (Å²) in [6, 6.07) is 0. The first-order valence-electron chi connectivity index (χ1n) is 3.07. The first-order valence-corrected chi connectivity index (χ1v) is 3.07. The van der Waals surface area contributed by atoms with E-state index in [1.807, 2.05) is 0 Å². The van der Waals surface area contributed by atoms with Crippen molar-refractivity contribution in [2.45, 2.75) is 12.5 Å². The van der Waals surface area contributed by atoms with Crippen molar-refractivity contribution in [1.29, 1.82) is 0 Å². The van der Waals surface area contributed by atoms with Gasteiger partial charge in [0.15, 0.2) is 5.54 Å². The van der Waals surface area contributed by atoms with Crippen molar-refractivity contribution in [3.05, 3.63) is 18.2 Å². The Morgan fingerprint density at radius 1 is 1.91 bits per heavy atom. The van der Waals surface area contributed by atoms with Crippen molar-refractivity contribution in [2.24, 2.45) is 5.73 Å². The number of carbonyl (C=O) groups is 1. The highest BCUT2D eigenvalue weighted by Gasteiger charge is 2.32. The van der Waals surface area contributed by atoms with Crippen molar-refractivity contribution in [3.8, 4) is 0 Å². The number of aromatic amines is 1. The van der Waals surface area contributed by atoms with E-state index in [1.54, 1.807) is 0 Å². The molecule has 11 heavy (non-hydrogen) atoms. The topological polar surface area (TPSA) is 92.0 Å². The summed E-state index contributed by atoms with van der Waals surface area (Å²) in [6.07, 6.45) is 2.99. The van der Waals surface area contributed by atoms with Crippen molar-refractivity contribution in [1.82, 2.24) is 9.97 Å². The van der Waals surface area contributed by atoms with E-state index in [4.69, 9.17) is 10.8 Å². The predicted octanol–water partition coefficient (Wildman–Crippen LogP) is -0.332. The molecule has 1 rings (SSSR count). The molecule has 1 atom stereocenters. The Morgan fingerprint density at radius 3 is 2.91 bits per heavy atom. The standard InChI is InChI=1S/C6H9N3O2/c1-6(7,5(10)11)4-8-2-3-9-4/h2-3H,7H2,1H3,(H,8,9)(H,10,11)/t6-/m0/s1. The van der Waals surface area contributed by atoms with Crippen LogP contribution in [0.3, 0.4) is 0 Å². The summed E-state index contributed by atoms with van der Waals surface area (Å²) in [6.45, 7) is 1.38. The van der Waals surface area contributed by atoms with Crippen LogP contribution in [0.25, 0.3) is 0 Å². The Labute approximate surface area is 63.3 Å². The van der Waals surface area contributed by atoms with Gasteiger partial charge in [0.1, 0.15) is 5.82 Å². The number of carboxylic acids is 1. The van der Waals surface area contributed by atoms with Gasteiger partial charge >= 0.3 is 5.97 Å². The number of aromatic nitrogens is 2. The highest BCUT2D eigenvalue weighted by Crippen LogP contribution is 2.11. The summed E-state index contributed by atoms with van der Waals surface area (Å²) in [5.74, 6) is -0.850. The number of nitrogens with one attached hydrogen (secondary N) is 1. The molecular weight excluding hydrogens is 146 g/mol. The molecule has 0 radical (unpaired) electrons. The second kappa shape index (κ2) is 2.35. The zero-order chi connectivity index (χ0) is 8.48. The van der Waals surface area contributed by atoms with E-state index in [-0.39, 0.29) is 5.82 Å². The lowest BCUT2D eigenvalue weighted by atomic mass is 10.0. The smallest absolute Gasteiger partial charge is 0.331 e. The Bertz CT molecular complexity index is 253. The number of imidazole rings is 1. The van der Waals surface area contributed by atoms with Gasteiger partial charge < -0.3 is 15.8 Å². The molecule has 1 aromatic rings. The number of carboxylic acid groups (broad SMARTS) is 1. The zero-order valence-electron chi connectivity index (χ0n) is 6.03. The van der Waals surface area contributed by atoms with Gasteiger partial charge in [-0.05, 0) is 6.92 Å². The van der Waals surface area contributed by atoms with Crippen LogP contribution >= 0.6 is 0 Å². The van der Waals surface area contributed by atoms with Crippen LogP contribution in [0.15, 0.2) is 12.4 Å². The molecule has 0 aliphatic rings. The molecule has 0 saturated carbocycles. The lowest BCUT2D eigenvalue weighted by Gasteiger charge is -2.15. The van der Waals surface area contributed by atoms with Crippen LogP contribution in [0.5, 0.6) is 0 Å². The maximum Gasteiger partial charge on any atom is 0.331 e. The third-order valence-electron chi connectivity index (χ3n) is 1.43. The molecule has 0 aliphatic heterocycles. The van der Waals surface area contributed by atoms with E-state index in [2.05, 4.69) is 9.97 Å². The summed E-state index contributed by atoms with van der Waals surface area (Å²) in [4.78, 5) is 16.9. The Balaban J connectivity index is 3.00. The average Bonchev–Trinajstić information content (AvgIpc) is 2.37. The SMILES string of the molecule is C[C@@](N)(C(=O)O)c1ncc[nH]1. The first kappa shape index (κ1) is 7.74. The van der Waals surface area contributed by atoms with Gasteiger partial charge in [0.25, 0.3) is 0 Å². The molecule has 0 saturated heterocycles. The minimum Gasteiger partial charge on any atom is -0.480 e. The molecule has 1 heterocycles. The molecule has 0 bridgehead atoms. The highest BCUT2D eigenvalue weighted by atomic mass is 16.4. The summed E-state index contributed by atoms with van der Waals surface area (Å²) >= 11 is 0. The van der Waals surface area contributed by atoms with E-state index in [9.17, 15) is 4.79 Å². The molecule has 0 fully saturated rings. The summed E-state index contributed by atoms with van der Waals surface area (Å²) in [7, 11) is 0. The van der Waals surface area contributed by atoms with Crippen LogP contribution in [-0.4, -0.2) is 21.0 Å². The lowest BCUT2D eigenvalue weighted by molar-refractivity contribution is -0.143. The van der Waals surface area contributed by atoms with Crippen LogP contribution in [-0.2, 0) is 10.3 Å². The fraction of sp³-hybridized carbons (Fsp3) is 0.333. The van der Waals surface area contributed by atoms with Crippen LogP contribution < -0.4 is 5.73 Å². The molecule has 5 nitrogen and oxygen atoms in total. The van der Waals surface area contributed by atoms with Crippen LogP contribution in [0, 0.1) is 0 Å². The van der Waals surface area contributed by atoms with E-state index in [0.29, 0.717) is 0 Å². The van der Waals surface area contributed by atoms with E-state index in [0.717, 1.165) is 0 Å². The molecule has 0 amide bonds. The maximum atomic E-state index is 10.5. The number of hydrogen-bond donors (Lipinski definition) is 3. The van der Waals surface area contributed by atoms with Gasteiger partial charge in [-0.1, -0.05) is 0 Å². The maximum absolute atomic E-state index is 10.5. The highest BCUT2D eigenvalue weighted by molar-refractivity contribution is 5.78. The second-order valence-electron chi connectivity index (χ2n) is 2.45. The first-order chi connectivity index (χ1) is 5.05. The molecule has 4 N–H and O–H groups in total. The van der Waals surface area contributed by atoms with Crippen molar-refractivity contribution in [2.75, 3.05) is 0 Å². The normalized spacial score (nSPS) is 15.8. The Morgan fingerprint density at radius 2 is 2.55 bits per heavy atom. The van der Waals surface area contributed by atoms with Gasteiger partial charge in [0, 0.05) is 12.4 Å². The quantitative estimate of drug-likeness (QED) is 0.545. The molecule has 0 aromatic carbocycles. The Hall–Kier alpha value is -1.36. The number of nitrogens with two attached hydrogens (primary N) is 1. The Kier molecular flexibility index (Phi) is 1.66. The third-order valence-corrected chi connectivity index (χ3v) is 1.43. The van der Waals surface area contributed by atoms with Crippen molar-refractivity contribution in [3.63, 3.8) is 0 Å². The lowest BCUT2D eigenvalue weighted by Crippen LogP contribution is -2.42. The van der Waals surface area contributed by atoms with Gasteiger partial charge in [-0.2, -0.15) is 0 Å². The molecular formula is C6H9N3O2. The van der Waals surface area contributed by atoms with E-state index >= 15 is 0 Å². The van der Waals surface area contributed by atoms with Crippen molar-refractivity contribution >= 4 is 5.97 Å². The predicted molar refractivity (Wildman–Crippen MR) is 37.8 cm³/mol. The van der Waals surface area contributed by atoms with Gasteiger partial charge in [-0.3, -0.25) is 0 Å². The molecule has 1 aromatic heterocycles. The minimum absolute atomic E-state index is 0.255. The molecule has 0 unspecified atom stereocenters. The number of aliphatic carboxylic acids is 1. The summed E-state index contributed by atoms with van der Waals surface area (Å²) in [5, 5.41) is 8.63. The third kappa shape index (κ3) is 1.22. The van der Waals surface area contributed by atoms with Gasteiger partial charge in [-0.25, -0.2) is 9.78 Å². The largest absolute Gasteiger partial charge is 0.480 e. The van der Waals surface area contributed by atoms with Gasteiger partial charge in [-0.15, -0.1) is 0 Å². The van der Waals surface area contributed by atoms with Crippen LogP contribution in [0.2, 0.25) is 0 Å². The number of H-pyrrole nitrogens is 1. The monoisotopic (exact) mass is 155 g/mol. The number of hydrogen-bond acceptors (Lipinski definition) is 3. The fourth-order valence-corrected chi connectivity index (χ4v) is 0.651. The van der Waals surface area contributed by atoms with Gasteiger partial charge in [0.2, 0.25) is 0 Å². The molecule has 5 heteroatoms. The average molecular weight is 155 g/mol. The van der Waals surface area contributed by atoms with Gasteiger partial charge in [0.05, 0.1) is 0 Å². The number of rotatable bonds is 2. The molecule has 0 spiro atoms. The molecule has 0 aliphatic carbocycles. The minimum atomic E-state index is -1.43. The second-order valence-corrected chi connectivity index (χ2v) is 2.45. The molecule has 60 valence electrons. The van der Waals surface area contributed by atoms with E-state index in [1.165, 1.54) is 19.3 Å². The van der Waals surface area contributed by atoms with Crippen molar-refractivity contribution < 1.29 is 9.90 Å².